The molecule has 1 saturated carbocycles. The highest BCUT2D eigenvalue weighted by Gasteiger charge is 2.33. The number of aliphatic hydroxyl groups is 1. The Hall–Kier alpha value is -1.98. The van der Waals surface area contributed by atoms with Gasteiger partial charge in [0.25, 0.3) is 0 Å². The Balaban J connectivity index is 1.41. The van der Waals surface area contributed by atoms with Gasteiger partial charge in [-0.05, 0) is 37.0 Å². The number of pyridine rings is 1. The third-order valence-electron chi connectivity index (χ3n) is 5.01. The fourth-order valence-corrected chi connectivity index (χ4v) is 3.59. The highest BCUT2D eigenvalue weighted by atomic mass is 16.3. The van der Waals surface area contributed by atoms with E-state index in [1.807, 2.05) is 30.5 Å². The number of nitrogens with zero attached hydrogens (tertiary/aromatic N) is 2. The number of β-amino-alcohol motifs (C(OH)–C–C–N with tert-alkyl or cyclic N) is 1. The molecule has 0 bridgehead atoms. The Morgan fingerprint density at radius 3 is 2.92 bits per heavy atom. The molecule has 24 heavy (non-hydrogen) atoms. The molecule has 1 aromatic heterocycles. The molecular weight excluding hydrogens is 302 g/mol. The lowest BCUT2D eigenvalue weighted by atomic mass is 9.94. The number of hydrogen-bond donors (Lipinski definition) is 2. The molecule has 1 aliphatic heterocycles. The number of amides is 1. The summed E-state index contributed by atoms with van der Waals surface area (Å²) in [7, 11) is 0. The number of carbonyl (C=O) groups excluding carboxylic acids is 1. The van der Waals surface area contributed by atoms with Crippen molar-refractivity contribution in [2.45, 2.75) is 31.4 Å². The number of rotatable bonds is 5. The summed E-state index contributed by atoms with van der Waals surface area (Å²) in [5, 5.41) is 14.6. The molecule has 2 fully saturated rings. The monoisotopic (exact) mass is 325 g/mol. The van der Waals surface area contributed by atoms with Crippen molar-refractivity contribution < 1.29 is 9.90 Å². The lowest BCUT2D eigenvalue weighted by molar-refractivity contribution is -0.122. The lowest BCUT2D eigenvalue weighted by Gasteiger charge is -2.16. The van der Waals surface area contributed by atoms with Crippen LogP contribution in [0.5, 0.6) is 0 Å². The predicted molar refractivity (Wildman–Crippen MR) is 92.5 cm³/mol. The molecular formula is C19H23N3O2. The number of nitrogens with one attached hydrogen (secondary N) is 1. The van der Waals surface area contributed by atoms with Crippen LogP contribution in [-0.4, -0.2) is 52.7 Å². The summed E-state index contributed by atoms with van der Waals surface area (Å²) in [5.74, 6) is 0.240. The molecule has 0 spiro atoms. The molecule has 0 unspecified atom stereocenters. The van der Waals surface area contributed by atoms with Gasteiger partial charge in [-0.2, -0.15) is 0 Å². The van der Waals surface area contributed by atoms with E-state index in [1.54, 1.807) is 0 Å². The smallest absolute Gasteiger partial charge is 0.234 e. The maximum absolute atomic E-state index is 12.0. The van der Waals surface area contributed by atoms with Crippen LogP contribution in [0.3, 0.4) is 0 Å². The minimum atomic E-state index is -0.384. The van der Waals surface area contributed by atoms with Gasteiger partial charge in [0.1, 0.15) is 0 Å². The number of likely N-dealkylation sites (tertiary alicyclic amines) is 1. The van der Waals surface area contributed by atoms with Crippen molar-refractivity contribution in [3.63, 3.8) is 0 Å². The summed E-state index contributed by atoms with van der Waals surface area (Å²) in [5.41, 5.74) is 2.21. The molecule has 5 nitrogen and oxygen atoms in total. The van der Waals surface area contributed by atoms with Gasteiger partial charge in [-0.1, -0.05) is 18.2 Å². The van der Waals surface area contributed by atoms with Crippen LogP contribution >= 0.6 is 0 Å². The highest BCUT2D eigenvalue weighted by Crippen LogP contribution is 2.25. The summed E-state index contributed by atoms with van der Waals surface area (Å²) in [6.45, 7) is 1.73. The molecule has 2 aliphatic rings. The van der Waals surface area contributed by atoms with Crippen molar-refractivity contribution in [1.29, 1.82) is 0 Å². The number of hydrogen-bond acceptors (Lipinski definition) is 4. The van der Waals surface area contributed by atoms with Gasteiger partial charge in [-0.25, -0.2) is 0 Å². The van der Waals surface area contributed by atoms with Crippen LogP contribution < -0.4 is 5.32 Å². The predicted octanol–water partition coefficient (Wildman–Crippen LogP) is 1.35. The highest BCUT2D eigenvalue weighted by molar-refractivity contribution is 5.82. The second kappa shape index (κ2) is 6.49. The van der Waals surface area contributed by atoms with Gasteiger partial charge in [0, 0.05) is 36.6 Å². The molecule has 5 heteroatoms. The van der Waals surface area contributed by atoms with Crippen LogP contribution in [-0.2, 0) is 11.2 Å². The first kappa shape index (κ1) is 15.5. The van der Waals surface area contributed by atoms with Gasteiger partial charge >= 0.3 is 0 Å². The second-order valence-electron chi connectivity index (χ2n) is 7.05. The molecule has 2 aromatic rings. The zero-order valence-electron chi connectivity index (χ0n) is 13.7. The zero-order chi connectivity index (χ0) is 16.5. The third kappa shape index (κ3) is 3.42. The first-order valence-corrected chi connectivity index (χ1v) is 8.71. The molecule has 1 saturated heterocycles. The Morgan fingerprint density at radius 2 is 2.08 bits per heavy atom. The molecule has 1 amide bonds. The van der Waals surface area contributed by atoms with E-state index in [0.717, 1.165) is 36.7 Å². The number of benzene rings is 1. The van der Waals surface area contributed by atoms with Crippen molar-refractivity contribution in [3.05, 3.63) is 42.1 Å². The summed E-state index contributed by atoms with van der Waals surface area (Å²) in [4.78, 5) is 18.4. The van der Waals surface area contributed by atoms with Gasteiger partial charge in [0.15, 0.2) is 0 Å². The Morgan fingerprint density at radius 1 is 1.25 bits per heavy atom. The molecule has 0 radical (unpaired) electrons. The summed E-state index contributed by atoms with van der Waals surface area (Å²) in [6.07, 6.45) is 4.47. The van der Waals surface area contributed by atoms with Crippen molar-refractivity contribution in [2.24, 2.45) is 5.92 Å². The SMILES string of the molecule is O=C(CN1C[C@@H](Cc2ccnc3ccccc23)[C@@H](O)C1)NC1CC1. The fourth-order valence-electron chi connectivity index (χ4n) is 3.59. The quantitative estimate of drug-likeness (QED) is 0.871. The average molecular weight is 325 g/mol. The first-order valence-electron chi connectivity index (χ1n) is 8.71. The first-order chi connectivity index (χ1) is 11.7. The van der Waals surface area contributed by atoms with Gasteiger partial charge < -0.3 is 10.4 Å². The largest absolute Gasteiger partial charge is 0.391 e. The maximum atomic E-state index is 12.0. The second-order valence-corrected chi connectivity index (χ2v) is 7.05. The van der Waals surface area contributed by atoms with Crippen molar-refractivity contribution in [3.8, 4) is 0 Å². The Labute approximate surface area is 141 Å². The van der Waals surface area contributed by atoms with E-state index >= 15 is 0 Å². The van der Waals surface area contributed by atoms with Gasteiger partial charge in [-0.3, -0.25) is 14.7 Å². The lowest BCUT2D eigenvalue weighted by Crippen LogP contribution is -2.37. The van der Waals surface area contributed by atoms with E-state index in [0.29, 0.717) is 19.1 Å². The minimum Gasteiger partial charge on any atom is -0.391 e. The Bertz CT molecular complexity index is 739. The molecule has 4 rings (SSSR count). The number of para-hydroxylation sites is 1. The van der Waals surface area contributed by atoms with Crippen LogP contribution in [0.1, 0.15) is 18.4 Å². The maximum Gasteiger partial charge on any atom is 0.234 e. The van der Waals surface area contributed by atoms with Crippen molar-refractivity contribution in [1.82, 2.24) is 15.2 Å². The average Bonchev–Trinajstić information content (AvgIpc) is 3.31. The summed E-state index contributed by atoms with van der Waals surface area (Å²) in [6, 6.07) is 10.5. The topological polar surface area (TPSA) is 65.5 Å². The van der Waals surface area contributed by atoms with Crippen LogP contribution in [0.4, 0.5) is 0 Å². The van der Waals surface area contributed by atoms with Gasteiger partial charge in [0.2, 0.25) is 5.91 Å². The standard InChI is InChI=1S/C19H23N3O2/c23-18-11-22(12-19(24)21-15-5-6-15)10-14(18)9-13-7-8-20-17-4-2-1-3-16(13)17/h1-4,7-8,14-15,18,23H,5-6,9-12H2,(H,21,24)/t14-,18+/m1/s1. The van der Waals surface area contributed by atoms with Crippen molar-refractivity contribution >= 4 is 16.8 Å². The van der Waals surface area contributed by atoms with Crippen LogP contribution in [0, 0.1) is 5.92 Å². The third-order valence-corrected chi connectivity index (χ3v) is 5.01. The van der Waals surface area contributed by atoms with Crippen molar-refractivity contribution in [2.75, 3.05) is 19.6 Å². The van der Waals surface area contributed by atoms with Gasteiger partial charge in [0.05, 0.1) is 18.2 Å². The number of aromatic nitrogens is 1. The van der Waals surface area contributed by atoms with E-state index in [1.165, 1.54) is 5.56 Å². The molecule has 1 aromatic carbocycles. The van der Waals surface area contributed by atoms with E-state index < -0.39 is 0 Å². The van der Waals surface area contributed by atoms with Crippen LogP contribution in [0.2, 0.25) is 0 Å². The molecule has 2 N–H and O–H groups in total. The van der Waals surface area contributed by atoms with E-state index in [4.69, 9.17) is 0 Å². The number of fused-ring (bicyclic) bond motifs is 1. The number of aliphatic hydroxyl groups excluding tert-OH is 1. The van der Waals surface area contributed by atoms with E-state index in [-0.39, 0.29) is 17.9 Å². The molecule has 2 atom stereocenters. The van der Waals surface area contributed by atoms with Crippen LogP contribution in [0.25, 0.3) is 10.9 Å². The summed E-state index contributed by atoms with van der Waals surface area (Å²) < 4.78 is 0. The Kier molecular flexibility index (Phi) is 4.21. The van der Waals surface area contributed by atoms with Crippen LogP contribution in [0.15, 0.2) is 36.5 Å². The molecule has 2 heterocycles. The normalized spacial score (nSPS) is 24.4. The molecule has 126 valence electrons. The minimum absolute atomic E-state index is 0.0831. The number of carbonyl (C=O) groups is 1. The zero-order valence-corrected chi connectivity index (χ0v) is 13.7. The van der Waals surface area contributed by atoms with Gasteiger partial charge in [-0.15, -0.1) is 0 Å². The van der Waals surface area contributed by atoms with E-state index in [2.05, 4.69) is 21.3 Å². The molecule has 1 aliphatic carbocycles. The fraction of sp³-hybridized carbons (Fsp3) is 0.474. The summed E-state index contributed by atoms with van der Waals surface area (Å²) >= 11 is 0. The van der Waals surface area contributed by atoms with E-state index in [9.17, 15) is 9.90 Å².